The molecule has 0 heterocycles. The Hall–Kier alpha value is -1.72. The summed E-state index contributed by atoms with van der Waals surface area (Å²) in [5.74, 6) is -1.15. The van der Waals surface area contributed by atoms with Crippen molar-refractivity contribution in [1.29, 1.82) is 0 Å². The van der Waals surface area contributed by atoms with Crippen LogP contribution in [0.15, 0.2) is 30.3 Å². The van der Waals surface area contributed by atoms with Crippen molar-refractivity contribution in [3.8, 4) is 0 Å². The van der Waals surface area contributed by atoms with Gasteiger partial charge in [-0.1, -0.05) is 51.1 Å². The van der Waals surface area contributed by atoms with Gasteiger partial charge in [0, 0.05) is 0 Å². The SMILES string of the molecule is CN(C)[C@@H](C(=O)[C@](N)(CC(C)(C)C)C(N)=O)c1ccccc1. The van der Waals surface area contributed by atoms with Crippen LogP contribution >= 0.6 is 0 Å². The molecule has 0 fully saturated rings. The summed E-state index contributed by atoms with van der Waals surface area (Å²) >= 11 is 0. The van der Waals surface area contributed by atoms with Gasteiger partial charge in [0.05, 0.1) is 6.04 Å². The van der Waals surface area contributed by atoms with Gasteiger partial charge in [0.15, 0.2) is 11.3 Å². The van der Waals surface area contributed by atoms with Crippen LogP contribution in [-0.2, 0) is 9.59 Å². The molecular formula is C17H27N3O2. The van der Waals surface area contributed by atoms with Gasteiger partial charge in [0.25, 0.3) is 0 Å². The third kappa shape index (κ3) is 4.15. The van der Waals surface area contributed by atoms with Crippen LogP contribution < -0.4 is 11.5 Å². The summed E-state index contributed by atoms with van der Waals surface area (Å²) in [6.45, 7) is 5.79. The highest BCUT2D eigenvalue weighted by atomic mass is 16.2. The fourth-order valence-corrected chi connectivity index (χ4v) is 2.70. The number of ketones is 1. The first-order valence-electron chi connectivity index (χ1n) is 7.33. The van der Waals surface area contributed by atoms with Crippen molar-refractivity contribution in [2.75, 3.05) is 14.1 Å². The van der Waals surface area contributed by atoms with E-state index in [0.717, 1.165) is 5.56 Å². The van der Waals surface area contributed by atoms with Crippen molar-refractivity contribution in [1.82, 2.24) is 4.90 Å². The Labute approximate surface area is 132 Å². The van der Waals surface area contributed by atoms with Gasteiger partial charge in [-0.05, 0) is 31.5 Å². The lowest BCUT2D eigenvalue weighted by Gasteiger charge is -2.36. The molecule has 0 unspecified atom stereocenters. The minimum atomic E-state index is -1.69. The number of benzene rings is 1. The zero-order valence-corrected chi connectivity index (χ0v) is 14.1. The number of Topliss-reactive ketones (excluding diaryl/α,β-unsaturated/α-hetero) is 1. The Kier molecular flexibility index (Phi) is 5.49. The molecule has 0 aliphatic carbocycles. The predicted octanol–water partition coefficient (Wildman–Crippen LogP) is 1.48. The summed E-state index contributed by atoms with van der Waals surface area (Å²) in [4.78, 5) is 26.8. The lowest BCUT2D eigenvalue weighted by molar-refractivity contribution is -0.138. The van der Waals surface area contributed by atoms with Crippen molar-refractivity contribution < 1.29 is 9.59 Å². The predicted molar refractivity (Wildman–Crippen MR) is 88.1 cm³/mol. The molecular weight excluding hydrogens is 278 g/mol. The van der Waals surface area contributed by atoms with Gasteiger partial charge in [-0.3, -0.25) is 14.5 Å². The smallest absolute Gasteiger partial charge is 0.245 e. The van der Waals surface area contributed by atoms with Crippen molar-refractivity contribution in [2.24, 2.45) is 16.9 Å². The summed E-state index contributed by atoms with van der Waals surface area (Å²) in [6.07, 6.45) is 0.200. The number of nitrogens with two attached hydrogens (primary N) is 2. The van der Waals surface area contributed by atoms with Crippen molar-refractivity contribution >= 4 is 11.7 Å². The van der Waals surface area contributed by atoms with Gasteiger partial charge >= 0.3 is 0 Å². The highest BCUT2D eigenvalue weighted by molar-refractivity contribution is 6.12. The molecule has 1 rings (SSSR count). The standard InChI is InChI=1S/C17H27N3O2/c1-16(2,3)11-17(19,15(18)22)14(21)13(20(4)5)12-9-7-6-8-10-12/h6-10,13H,11,19H2,1-5H3,(H2,18,22)/t13-,17-/m1/s1. The zero-order valence-electron chi connectivity index (χ0n) is 14.1. The molecule has 0 radical (unpaired) electrons. The van der Waals surface area contributed by atoms with Crippen molar-refractivity contribution in [3.63, 3.8) is 0 Å². The second kappa shape index (κ2) is 6.58. The van der Waals surface area contributed by atoms with Gasteiger partial charge in [0.2, 0.25) is 5.91 Å². The maximum absolute atomic E-state index is 13.1. The first-order chi connectivity index (χ1) is 9.99. The minimum Gasteiger partial charge on any atom is -0.368 e. The van der Waals surface area contributed by atoms with E-state index in [4.69, 9.17) is 11.5 Å². The van der Waals surface area contributed by atoms with Crippen LogP contribution in [0, 0.1) is 5.41 Å². The molecule has 0 bridgehead atoms. The fourth-order valence-electron chi connectivity index (χ4n) is 2.70. The van der Waals surface area contributed by atoms with Gasteiger partial charge < -0.3 is 11.5 Å². The summed E-state index contributed by atoms with van der Waals surface area (Å²) < 4.78 is 0. The molecule has 0 aromatic heterocycles. The Morgan fingerprint density at radius 1 is 1.14 bits per heavy atom. The van der Waals surface area contributed by atoms with Crippen LogP contribution in [0.4, 0.5) is 0 Å². The molecule has 0 saturated heterocycles. The number of amides is 1. The molecule has 1 amide bonds. The molecule has 1 aromatic rings. The Morgan fingerprint density at radius 2 is 1.64 bits per heavy atom. The third-order valence-corrected chi connectivity index (χ3v) is 3.57. The molecule has 2 atom stereocenters. The lowest BCUT2D eigenvalue weighted by Crippen LogP contribution is -2.62. The molecule has 0 aliphatic heterocycles. The zero-order chi connectivity index (χ0) is 17.1. The summed E-state index contributed by atoms with van der Waals surface area (Å²) in [5, 5.41) is 0. The highest BCUT2D eigenvalue weighted by Gasteiger charge is 2.47. The summed E-state index contributed by atoms with van der Waals surface area (Å²) in [7, 11) is 3.57. The number of carbonyl (C=O) groups excluding carboxylic acids is 2. The molecule has 1 aromatic carbocycles. The quantitative estimate of drug-likeness (QED) is 0.779. The first kappa shape index (κ1) is 18.3. The largest absolute Gasteiger partial charge is 0.368 e. The van der Waals surface area contributed by atoms with Gasteiger partial charge in [-0.15, -0.1) is 0 Å². The van der Waals surface area contributed by atoms with Gasteiger partial charge in [-0.25, -0.2) is 0 Å². The number of carbonyl (C=O) groups is 2. The molecule has 122 valence electrons. The van der Waals surface area contributed by atoms with Crippen molar-refractivity contribution in [2.45, 2.75) is 38.8 Å². The maximum Gasteiger partial charge on any atom is 0.245 e. The number of hydrogen-bond donors (Lipinski definition) is 2. The molecule has 0 aliphatic rings. The van der Waals surface area contributed by atoms with E-state index in [1.165, 1.54) is 0 Å². The van der Waals surface area contributed by atoms with Crippen LogP contribution in [0.1, 0.15) is 38.8 Å². The normalized spacial score (nSPS) is 16.1. The number of nitrogens with zero attached hydrogens (tertiary/aromatic N) is 1. The van der Waals surface area contributed by atoms with Gasteiger partial charge in [0.1, 0.15) is 0 Å². The van der Waals surface area contributed by atoms with E-state index in [0.29, 0.717) is 0 Å². The highest BCUT2D eigenvalue weighted by Crippen LogP contribution is 2.31. The molecule has 0 saturated carbocycles. The Balaban J connectivity index is 3.29. The monoisotopic (exact) mass is 305 g/mol. The van der Waals surface area contributed by atoms with Crippen LogP contribution in [0.25, 0.3) is 0 Å². The molecule has 4 N–H and O–H groups in total. The topological polar surface area (TPSA) is 89.4 Å². The van der Waals surface area contributed by atoms with E-state index in [2.05, 4.69) is 0 Å². The number of primary amides is 1. The molecule has 22 heavy (non-hydrogen) atoms. The third-order valence-electron chi connectivity index (χ3n) is 3.57. The average molecular weight is 305 g/mol. The summed E-state index contributed by atoms with van der Waals surface area (Å²) in [5.41, 5.74) is 10.5. The minimum absolute atomic E-state index is 0.200. The van der Waals surface area contributed by atoms with E-state index in [1.807, 2.05) is 51.1 Å². The number of hydrogen-bond acceptors (Lipinski definition) is 4. The number of rotatable bonds is 6. The second-order valence-corrected chi connectivity index (χ2v) is 7.21. The van der Waals surface area contributed by atoms with Crippen LogP contribution in [0.5, 0.6) is 0 Å². The van der Waals surface area contributed by atoms with Crippen molar-refractivity contribution in [3.05, 3.63) is 35.9 Å². The number of likely N-dealkylation sites (N-methyl/N-ethyl adjacent to an activating group) is 1. The van der Waals surface area contributed by atoms with Crippen LogP contribution in [0.2, 0.25) is 0 Å². The van der Waals surface area contributed by atoms with Crippen LogP contribution in [-0.4, -0.2) is 36.2 Å². The maximum atomic E-state index is 13.1. The van der Waals surface area contributed by atoms with E-state index >= 15 is 0 Å². The molecule has 5 heteroatoms. The fraction of sp³-hybridized carbons (Fsp3) is 0.529. The van der Waals surface area contributed by atoms with Crippen LogP contribution in [0.3, 0.4) is 0 Å². The van der Waals surface area contributed by atoms with E-state index in [1.54, 1.807) is 19.0 Å². The lowest BCUT2D eigenvalue weighted by atomic mass is 9.74. The Morgan fingerprint density at radius 3 is 2.00 bits per heavy atom. The second-order valence-electron chi connectivity index (χ2n) is 7.21. The van der Waals surface area contributed by atoms with E-state index in [-0.39, 0.29) is 17.6 Å². The van der Waals surface area contributed by atoms with E-state index in [9.17, 15) is 9.59 Å². The first-order valence-corrected chi connectivity index (χ1v) is 7.33. The van der Waals surface area contributed by atoms with Gasteiger partial charge in [-0.2, -0.15) is 0 Å². The Bertz CT molecular complexity index is 535. The average Bonchev–Trinajstić information content (AvgIpc) is 2.37. The molecule has 5 nitrogen and oxygen atoms in total. The summed E-state index contributed by atoms with van der Waals surface area (Å²) in [6, 6.07) is 8.67. The molecule has 0 spiro atoms. The van der Waals surface area contributed by atoms with E-state index < -0.39 is 17.5 Å².